The molecule has 0 aromatic carbocycles. The fourth-order valence-electron chi connectivity index (χ4n) is 3.12. The first kappa shape index (κ1) is 25.9. The lowest BCUT2D eigenvalue weighted by Crippen LogP contribution is -2.34. The van der Waals surface area contributed by atoms with Gasteiger partial charge in [0.15, 0.2) is 0 Å². The molecular weight excluding hydrogens is 340 g/mol. The molecule has 0 N–H and O–H groups in total. The minimum absolute atomic E-state index is 0.119. The van der Waals surface area contributed by atoms with Crippen molar-refractivity contribution in [3.8, 4) is 0 Å². The van der Waals surface area contributed by atoms with Gasteiger partial charge in [0.2, 0.25) is 0 Å². The predicted molar refractivity (Wildman–Crippen MR) is 112 cm³/mol. The zero-order chi connectivity index (χ0) is 20.4. The molecule has 0 heterocycles. The number of hydrogen-bond donors (Lipinski definition) is 0. The highest BCUT2D eigenvalue weighted by Gasteiger charge is 2.31. The van der Waals surface area contributed by atoms with E-state index in [4.69, 9.17) is 9.47 Å². The molecule has 4 heteroatoms. The SMILES string of the molecule is CCCCCCC(=O)OCC(CC)(CCCC)COC(=O)CCCCCC. The van der Waals surface area contributed by atoms with E-state index in [-0.39, 0.29) is 17.4 Å². The average molecular weight is 385 g/mol. The van der Waals surface area contributed by atoms with Gasteiger partial charge in [-0.3, -0.25) is 9.59 Å². The van der Waals surface area contributed by atoms with Gasteiger partial charge in [-0.1, -0.05) is 79.1 Å². The molecule has 0 amide bonds. The molecule has 0 bridgehead atoms. The zero-order valence-corrected chi connectivity index (χ0v) is 18.4. The summed E-state index contributed by atoms with van der Waals surface area (Å²) in [6, 6.07) is 0. The minimum Gasteiger partial charge on any atom is -0.465 e. The summed E-state index contributed by atoms with van der Waals surface area (Å²) in [6.45, 7) is 9.29. The van der Waals surface area contributed by atoms with Gasteiger partial charge in [0, 0.05) is 18.3 Å². The van der Waals surface area contributed by atoms with E-state index in [1.165, 1.54) is 0 Å². The van der Waals surface area contributed by atoms with Crippen molar-refractivity contribution >= 4 is 11.9 Å². The molecule has 0 saturated heterocycles. The van der Waals surface area contributed by atoms with Crippen molar-refractivity contribution in [1.82, 2.24) is 0 Å². The quantitative estimate of drug-likeness (QED) is 0.197. The van der Waals surface area contributed by atoms with Crippen LogP contribution in [0.5, 0.6) is 0 Å². The van der Waals surface area contributed by atoms with Crippen LogP contribution in [0.25, 0.3) is 0 Å². The lowest BCUT2D eigenvalue weighted by molar-refractivity contribution is -0.155. The number of ether oxygens (including phenoxy) is 2. The highest BCUT2D eigenvalue weighted by Crippen LogP contribution is 2.30. The first-order valence-corrected chi connectivity index (χ1v) is 11.3. The monoisotopic (exact) mass is 384 g/mol. The molecule has 0 saturated carbocycles. The molecule has 4 nitrogen and oxygen atoms in total. The molecule has 0 rings (SSSR count). The van der Waals surface area contributed by atoms with Crippen molar-refractivity contribution in [3.63, 3.8) is 0 Å². The van der Waals surface area contributed by atoms with Crippen LogP contribution >= 0.6 is 0 Å². The lowest BCUT2D eigenvalue weighted by Gasteiger charge is -2.31. The molecule has 0 fully saturated rings. The van der Waals surface area contributed by atoms with Crippen LogP contribution in [-0.4, -0.2) is 25.2 Å². The van der Waals surface area contributed by atoms with Crippen LogP contribution in [0.15, 0.2) is 0 Å². The number of hydrogen-bond acceptors (Lipinski definition) is 4. The van der Waals surface area contributed by atoms with Crippen LogP contribution < -0.4 is 0 Å². The average Bonchev–Trinajstić information content (AvgIpc) is 2.68. The molecule has 27 heavy (non-hydrogen) atoms. The topological polar surface area (TPSA) is 52.6 Å². The van der Waals surface area contributed by atoms with Crippen molar-refractivity contribution in [2.24, 2.45) is 5.41 Å². The van der Waals surface area contributed by atoms with Crippen LogP contribution in [0.1, 0.15) is 118 Å². The molecule has 0 aliphatic rings. The Morgan fingerprint density at radius 2 is 1.07 bits per heavy atom. The zero-order valence-electron chi connectivity index (χ0n) is 18.4. The molecule has 0 atom stereocenters. The summed E-state index contributed by atoms with van der Waals surface area (Å²) in [5.74, 6) is -0.238. The number of esters is 2. The Labute approximate surface area is 167 Å². The maximum absolute atomic E-state index is 12.1. The van der Waals surface area contributed by atoms with Gasteiger partial charge < -0.3 is 9.47 Å². The largest absolute Gasteiger partial charge is 0.465 e. The van der Waals surface area contributed by atoms with Crippen molar-refractivity contribution < 1.29 is 19.1 Å². The lowest BCUT2D eigenvalue weighted by atomic mass is 9.81. The predicted octanol–water partition coefficient (Wildman–Crippen LogP) is 6.60. The Hall–Kier alpha value is -1.06. The molecule has 0 aromatic rings. The maximum Gasteiger partial charge on any atom is 0.305 e. The molecule has 0 spiro atoms. The van der Waals surface area contributed by atoms with Gasteiger partial charge in [-0.25, -0.2) is 0 Å². The second kappa shape index (κ2) is 17.1. The van der Waals surface area contributed by atoms with Gasteiger partial charge in [0.25, 0.3) is 0 Å². The van der Waals surface area contributed by atoms with E-state index in [2.05, 4.69) is 27.7 Å². The van der Waals surface area contributed by atoms with E-state index < -0.39 is 0 Å². The van der Waals surface area contributed by atoms with Crippen molar-refractivity contribution in [1.29, 1.82) is 0 Å². The highest BCUT2D eigenvalue weighted by atomic mass is 16.5. The fraction of sp³-hybridized carbons (Fsp3) is 0.913. The van der Waals surface area contributed by atoms with Gasteiger partial charge in [-0.15, -0.1) is 0 Å². The molecule has 0 aliphatic heterocycles. The third-order valence-electron chi connectivity index (χ3n) is 5.36. The molecule has 0 radical (unpaired) electrons. The molecule has 160 valence electrons. The Kier molecular flexibility index (Phi) is 16.4. The Morgan fingerprint density at radius 3 is 1.44 bits per heavy atom. The van der Waals surface area contributed by atoms with Gasteiger partial charge in [0.1, 0.15) is 13.2 Å². The van der Waals surface area contributed by atoms with Crippen LogP contribution in [-0.2, 0) is 19.1 Å². The molecule has 0 aliphatic carbocycles. The van der Waals surface area contributed by atoms with Gasteiger partial charge in [-0.05, 0) is 25.7 Å². The number of rotatable bonds is 18. The van der Waals surface area contributed by atoms with Crippen LogP contribution in [0.2, 0.25) is 0 Å². The fourth-order valence-corrected chi connectivity index (χ4v) is 3.12. The first-order valence-electron chi connectivity index (χ1n) is 11.3. The van der Waals surface area contributed by atoms with Crippen molar-refractivity contribution in [2.45, 2.75) is 118 Å². The summed E-state index contributed by atoms with van der Waals surface area (Å²) >= 11 is 0. The summed E-state index contributed by atoms with van der Waals surface area (Å²) in [7, 11) is 0. The molecule has 0 aromatic heterocycles. The van der Waals surface area contributed by atoms with Crippen molar-refractivity contribution in [2.75, 3.05) is 13.2 Å². The number of carbonyl (C=O) groups excluding carboxylic acids is 2. The van der Waals surface area contributed by atoms with E-state index in [0.29, 0.717) is 26.1 Å². The summed E-state index contributed by atoms with van der Waals surface area (Å²) in [5.41, 5.74) is -0.242. The van der Waals surface area contributed by atoms with E-state index in [1.807, 2.05) is 0 Å². The number of carbonyl (C=O) groups is 2. The maximum atomic E-state index is 12.1. The van der Waals surface area contributed by atoms with E-state index in [9.17, 15) is 9.59 Å². The summed E-state index contributed by atoms with van der Waals surface area (Å²) in [6.07, 6.45) is 13.5. The molecular formula is C23H44O4. The van der Waals surface area contributed by atoms with Gasteiger partial charge >= 0.3 is 11.9 Å². The van der Waals surface area contributed by atoms with Crippen molar-refractivity contribution in [3.05, 3.63) is 0 Å². The van der Waals surface area contributed by atoms with Gasteiger partial charge in [0.05, 0.1) is 0 Å². The van der Waals surface area contributed by atoms with Crippen LogP contribution in [0, 0.1) is 5.41 Å². The van der Waals surface area contributed by atoms with Gasteiger partial charge in [-0.2, -0.15) is 0 Å². The normalized spacial score (nSPS) is 11.4. The standard InChI is InChI=1S/C23H44O4/c1-5-9-12-14-16-21(24)26-19-23(8-4,18-11-7-3)20-27-22(25)17-15-13-10-6-2/h5-20H2,1-4H3. The van der Waals surface area contributed by atoms with Crippen LogP contribution in [0.4, 0.5) is 0 Å². The smallest absolute Gasteiger partial charge is 0.305 e. The van der Waals surface area contributed by atoms with E-state index in [1.54, 1.807) is 0 Å². The third-order valence-corrected chi connectivity index (χ3v) is 5.36. The van der Waals surface area contributed by atoms with Crippen LogP contribution in [0.3, 0.4) is 0 Å². The third kappa shape index (κ3) is 13.7. The Bertz CT molecular complexity index is 351. The summed E-state index contributed by atoms with van der Waals surface area (Å²) < 4.78 is 11.2. The van der Waals surface area contributed by atoms with E-state index in [0.717, 1.165) is 77.0 Å². The summed E-state index contributed by atoms with van der Waals surface area (Å²) in [4.78, 5) is 24.1. The molecule has 0 unspecified atom stereocenters. The Morgan fingerprint density at radius 1 is 0.630 bits per heavy atom. The second-order valence-electron chi connectivity index (χ2n) is 7.90. The number of unbranched alkanes of at least 4 members (excludes halogenated alkanes) is 7. The second-order valence-corrected chi connectivity index (χ2v) is 7.90. The van der Waals surface area contributed by atoms with E-state index >= 15 is 0 Å². The minimum atomic E-state index is -0.242. The summed E-state index contributed by atoms with van der Waals surface area (Å²) in [5, 5.41) is 0. The first-order chi connectivity index (χ1) is 13.0. The highest BCUT2D eigenvalue weighted by molar-refractivity contribution is 5.69. The Balaban J connectivity index is 4.44.